The molecule has 0 spiro atoms. The summed E-state index contributed by atoms with van der Waals surface area (Å²) in [6.07, 6.45) is 5.63. The number of fused-ring (bicyclic) bond motifs is 1. The molecule has 0 saturated heterocycles. The van der Waals surface area contributed by atoms with Crippen LogP contribution in [0.1, 0.15) is 49.6 Å². The van der Waals surface area contributed by atoms with Gasteiger partial charge in [0.25, 0.3) is 0 Å². The number of ether oxygens (including phenoxy) is 1. The lowest BCUT2D eigenvalue weighted by atomic mass is 9.86. The van der Waals surface area contributed by atoms with E-state index in [0.29, 0.717) is 12.6 Å². The zero-order chi connectivity index (χ0) is 21.1. The fraction of sp³-hybridized carbons (Fsp3) is 0.458. The van der Waals surface area contributed by atoms with Crippen LogP contribution in [0, 0.1) is 19.8 Å². The topological polar surface area (TPSA) is 69.0 Å². The summed E-state index contributed by atoms with van der Waals surface area (Å²) < 4.78 is 7.33. The summed E-state index contributed by atoms with van der Waals surface area (Å²) in [6.45, 7) is 7.19. The molecule has 0 aliphatic heterocycles. The van der Waals surface area contributed by atoms with E-state index >= 15 is 0 Å². The van der Waals surface area contributed by atoms with Crippen molar-refractivity contribution in [2.45, 2.75) is 59.0 Å². The molecule has 2 heterocycles. The fourth-order valence-electron chi connectivity index (χ4n) is 4.29. The third-order valence-electron chi connectivity index (χ3n) is 6.04. The van der Waals surface area contributed by atoms with Crippen molar-refractivity contribution in [3.63, 3.8) is 0 Å². The van der Waals surface area contributed by atoms with Gasteiger partial charge >= 0.3 is 5.97 Å². The number of hydrogen-bond donors (Lipinski definition) is 1. The molecule has 6 heteroatoms. The molecule has 4 rings (SSSR count). The van der Waals surface area contributed by atoms with Gasteiger partial charge in [0.1, 0.15) is 11.3 Å². The van der Waals surface area contributed by atoms with E-state index in [9.17, 15) is 4.79 Å². The van der Waals surface area contributed by atoms with Gasteiger partial charge in [0.05, 0.1) is 19.1 Å². The third-order valence-corrected chi connectivity index (χ3v) is 6.04. The lowest BCUT2D eigenvalue weighted by molar-refractivity contribution is -0.149. The number of nitrogens with one attached hydrogen (secondary N) is 1. The summed E-state index contributed by atoms with van der Waals surface area (Å²) >= 11 is 0. The van der Waals surface area contributed by atoms with Gasteiger partial charge in [-0.2, -0.15) is 0 Å². The van der Waals surface area contributed by atoms with Gasteiger partial charge in [-0.15, -0.1) is 0 Å². The van der Waals surface area contributed by atoms with E-state index in [2.05, 4.69) is 51.0 Å². The van der Waals surface area contributed by atoms with Crippen molar-refractivity contribution in [2.75, 3.05) is 11.9 Å². The highest BCUT2D eigenvalue weighted by Crippen LogP contribution is 2.28. The quantitative estimate of drug-likeness (QED) is 0.605. The minimum absolute atomic E-state index is 0.0349. The van der Waals surface area contributed by atoms with E-state index in [4.69, 9.17) is 4.74 Å². The molecule has 1 saturated carbocycles. The van der Waals surface area contributed by atoms with Crippen LogP contribution in [0.15, 0.2) is 36.5 Å². The first kappa shape index (κ1) is 20.4. The number of nitrogens with zero attached hydrogens (tertiary/aromatic N) is 3. The summed E-state index contributed by atoms with van der Waals surface area (Å²) in [5.41, 5.74) is 5.41. The Morgan fingerprint density at radius 3 is 2.57 bits per heavy atom. The van der Waals surface area contributed by atoms with Crippen LogP contribution in [-0.4, -0.2) is 33.2 Å². The predicted octanol–water partition coefficient (Wildman–Crippen LogP) is 4.63. The molecule has 158 valence electrons. The number of benzene rings is 1. The molecule has 30 heavy (non-hydrogen) atoms. The molecule has 1 aromatic carbocycles. The molecule has 0 radical (unpaired) electrons. The number of imidazole rings is 1. The summed E-state index contributed by atoms with van der Waals surface area (Å²) in [6, 6.07) is 11.0. The summed E-state index contributed by atoms with van der Waals surface area (Å²) in [7, 11) is 0. The average Bonchev–Trinajstić information content (AvgIpc) is 3.07. The summed E-state index contributed by atoms with van der Waals surface area (Å²) in [5.74, 6) is 1.01. The molecule has 1 N–H and O–H groups in total. The molecule has 0 unspecified atom stereocenters. The summed E-state index contributed by atoms with van der Waals surface area (Å²) in [5, 5.41) is 3.62. The highest BCUT2D eigenvalue weighted by Gasteiger charge is 2.27. The Kier molecular flexibility index (Phi) is 6.02. The van der Waals surface area contributed by atoms with Crippen molar-refractivity contribution < 1.29 is 9.53 Å². The average molecular weight is 407 g/mol. The number of aryl methyl sites for hydroxylation is 2. The van der Waals surface area contributed by atoms with Crippen LogP contribution in [0.2, 0.25) is 0 Å². The lowest BCUT2D eigenvalue weighted by Gasteiger charge is -2.28. The maximum Gasteiger partial charge on any atom is 0.308 e. The summed E-state index contributed by atoms with van der Waals surface area (Å²) in [4.78, 5) is 21.1. The normalized spacial score (nSPS) is 19.0. The minimum atomic E-state index is -0.0349. The number of hydrogen-bond acceptors (Lipinski definition) is 5. The monoisotopic (exact) mass is 406 g/mol. The Morgan fingerprint density at radius 1 is 1.13 bits per heavy atom. The molecule has 1 fully saturated rings. The molecule has 1 aliphatic carbocycles. The van der Waals surface area contributed by atoms with Gasteiger partial charge in [-0.25, -0.2) is 9.97 Å². The number of carbonyl (C=O) groups is 1. The van der Waals surface area contributed by atoms with Crippen molar-refractivity contribution in [1.29, 1.82) is 0 Å². The Balaban J connectivity index is 1.37. The maximum absolute atomic E-state index is 11.9. The van der Waals surface area contributed by atoms with Crippen molar-refractivity contribution in [1.82, 2.24) is 14.5 Å². The Hall–Kier alpha value is -2.89. The van der Waals surface area contributed by atoms with Crippen molar-refractivity contribution in [3.8, 4) is 0 Å². The van der Waals surface area contributed by atoms with E-state index in [0.717, 1.165) is 60.5 Å². The van der Waals surface area contributed by atoms with Gasteiger partial charge in [-0.05, 0) is 75.8 Å². The van der Waals surface area contributed by atoms with Crippen molar-refractivity contribution >= 4 is 22.8 Å². The number of anilines is 1. The van der Waals surface area contributed by atoms with E-state index < -0.39 is 0 Å². The zero-order valence-electron chi connectivity index (χ0n) is 18.0. The van der Waals surface area contributed by atoms with Gasteiger partial charge in [0, 0.05) is 17.9 Å². The van der Waals surface area contributed by atoms with Gasteiger partial charge < -0.3 is 14.6 Å². The Morgan fingerprint density at radius 2 is 1.87 bits per heavy atom. The number of aromatic nitrogens is 3. The van der Waals surface area contributed by atoms with Crippen LogP contribution in [0.4, 0.5) is 5.69 Å². The van der Waals surface area contributed by atoms with E-state index in [-0.39, 0.29) is 11.9 Å². The van der Waals surface area contributed by atoms with E-state index in [1.165, 1.54) is 5.56 Å². The van der Waals surface area contributed by atoms with E-state index in [1.54, 1.807) is 0 Å². The van der Waals surface area contributed by atoms with E-state index in [1.807, 2.05) is 26.1 Å². The standard InChI is InChI=1S/C24H30N4O2/c1-4-30-24(29)19-7-11-21(12-8-19)27-20-9-5-18(6-10-20)15-28-17(3)26-22-16(2)13-14-25-23(22)28/h5-6,9-10,13-14,19,21,27H,4,7-8,11-12,15H2,1-3H3/t19-,21-. The number of carbonyl (C=O) groups excluding carboxylic acids is 1. The molecular formula is C24H30N4O2. The molecule has 0 atom stereocenters. The fourth-order valence-corrected chi connectivity index (χ4v) is 4.29. The highest BCUT2D eigenvalue weighted by atomic mass is 16.5. The second kappa shape index (κ2) is 8.86. The van der Waals surface area contributed by atoms with Crippen LogP contribution < -0.4 is 5.32 Å². The highest BCUT2D eigenvalue weighted by molar-refractivity contribution is 5.75. The maximum atomic E-state index is 11.9. The zero-order valence-corrected chi connectivity index (χ0v) is 18.0. The van der Waals surface area contributed by atoms with Gasteiger partial charge in [-0.1, -0.05) is 12.1 Å². The second-order valence-corrected chi connectivity index (χ2v) is 8.19. The Bertz CT molecular complexity index is 1020. The first-order valence-corrected chi connectivity index (χ1v) is 10.9. The van der Waals surface area contributed by atoms with Crippen LogP contribution in [-0.2, 0) is 16.1 Å². The third kappa shape index (κ3) is 4.32. The number of rotatable bonds is 6. The van der Waals surface area contributed by atoms with Gasteiger partial charge in [0.2, 0.25) is 0 Å². The van der Waals surface area contributed by atoms with Crippen LogP contribution in [0.5, 0.6) is 0 Å². The molecule has 6 nitrogen and oxygen atoms in total. The number of pyridine rings is 1. The molecule has 2 aromatic heterocycles. The van der Waals surface area contributed by atoms with Crippen molar-refractivity contribution in [3.05, 3.63) is 53.5 Å². The first-order valence-electron chi connectivity index (χ1n) is 10.9. The molecule has 1 aliphatic rings. The molecule has 0 amide bonds. The van der Waals surface area contributed by atoms with Crippen LogP contribution >= 0.6 is 0 Å². The first-order chi connectivity index (χ1) is 14.5. The Labute approximate surface area is 177 Å². The van der Waals surface area contributed by atoms with Gasteiger partial charge in [0.15, 0.2) is 5.65 Å². The SMILES string of the molecule is CCOC(=O)[C@H]1CC[C@H](Nc2ccc(Cn3c(C)nc4c(C)ccnc43)cc2)CC1. The number of esters is 1. The van der Waals surface area contributed by atoms with Gasteiger partial charge in [-0.3, -0.25) is 4.79 Å². The second-order valence-electron chi connectivity index (χ2n) is 8.19. The molecular weight excluding hydrogens is 376 g/mol. The molecule has 0 bridgehead atoms. The van der Waals surface area contributed by atoms with Crippen LogP contribution in [0.3, 0.4) is 0 Å². The largest absolute Gasteiger partial charge is 0.466 e. The van der Waals surface area contributed by atoms with Crippen molar-refractivity contribution in [2.24, 2.45) is 5.92 Å². The minimum Gasteiger partial charge on any atom is -0.466 e. The van der Waals surface area contributed by atoms with Crippen LogP contribution in [0.25, 0.3) is 11.2 Å². The predicted molar refractivity (Wildman–Crippen MR) is 119 cm³/mol. The lowest BCUT2D eigenvalue weighted by Crippen LogP contribution is -2.30. The smallest absolute Gasteiger partial charge is 0.308 e. The molecule has 3 aromatic rings.